The molecule has 0 heterocycles. The van der Waals surface area contributed by atoms with Crippen LogP contribution in [0.2, 0.25) is 0 Å². The van der Waals surface area contributed by atoms with Crippen LogP contribution in [0.3, 0.4) is 0 Å². The smallest absolute Gasteiger partial charge is 0.352 e. The van der Waals surface area contributed by atoms with Gasteiger partial charge in [0.2, 0.25) is 0 Å². The number of carbonyl (C=O) groups is 2. The zero-order chi connectivity index (χ0) is 15.4. The van der Waals surface area contributed by atoms with Crippen molar-refractivity contribution in [1.82, 2.24) is 0 Å². The number of hydrogen-bond acceptors (Lipinski definition) is 8. The van der Waals surface area contributed by atoms with Crippen molar-refractivity contribution in [3.63, 3.8) is 0 Å². The van der Waals surface area contributed by atoms with E-state index < -0.39 is 23.1 Å². The van der Waals surface area contributed by atoms with E-state index in [0.717, 1.165) is 0 Å². The first-order chi connectivity index (χ1) is 9.60. The Labute approximate surface area is 114 Å². The fourth-order valence-corrected chi connectivity index (χ4v) is 0.944. The first kappa shape index (κ1) is 17.0. The molecule has 0 aromatic heterocycles. The van der Waals surface area contributed by atoms with Crippen molar-refractivity contribution >= 4 is 11.9 Å². The second-order valence-corrected chi connectivity index (χ2v) is 3.29. The maximum atomic E-state index is 11.1. The quantitative estimate of drug-likeness (QED) is 0.229. The minimum Gasteiger partial charge on any atom is -0.514 e. The van der Waals surface area contributed by atoms with Gasteiger partial charge in [0.15, 0.2) is 11.1 Å². The number of carbonyl (C=O) groups excluding carboxylic acids is 2. The minimum absolute atomic E-state index is 0.0175. The Balaban J connectivity index is 3.81. The molecule has 0 spiro atoms. The molecular formula is C12H12N2O6. The van der Waals surface area contributed by atoms with Gasteiger partial charge >= 0.3 is 11.9 Å². The van der Waals surface area contributed by atoms with Crippen LogP contribution >= 0.6 is 0 Å². The zero-order valence-corrected chi connectivity index (χ0v) is 10.4. The van der Waals surface area contributed by atoms with E-state index in [0.29, 0.717) is 25.4 Å². The predicted molar refractivity (Wildman–Crippen MR) is 63.8 cm³/mol. The Morgan fingerprint density at radius 3 is 1.50 bits per heavy atom. The molecule has 0 amide bonds. The summed E-state index contributed by atoms with van der Waals surface area (Å²) < 4.78 is 9.30. The molecule has 2 N–H and O–H groups in total. The molecule has 0 bridgehead atoms. The van der Waals surface area contributed by atoms with E-state index in [1.807, 2.05) is 0 Å². The normalized spacial score (nSPS) is 11.1. The highest BCUT2D eigenvalue weighted by molar-refractivity contribution is 5.92. The summed E-state index contributed by atoms with van der Waals surface area (Å²) in [7, 11) is 0. The van der Waals surface area contributed by atoms with Crippen LogP contribution < -0.4 is 0 Å². The molecule has 0 aliphatic heterocycles. The van der Waals surface area contributed by atoms with Gasteiger partial charge in [-0.3, -0.25) is 0 Å². The molecule has 20 heavy (non-hydrogen) atoms. The molecule has 0 fully saturated rings. The van der Waals surface area contributed by atoms with E-state index in [9.17, 15) is 9.59 Å². The number of nitriles is 2. The Morgan fingerprint density at radius 2 is 1.25 bits per heavy atom. The molecule has 8 nitrogen and oxygen atoms in total. The van der Waals surface area contributed by atoms with Gasteiger partial charge in [-0.1, -0.05) is 0 Å². The van der Waals surface area contributed by atoms with Crippen LogP contribution in [0.5, 0.6) is 0 Å². The molecule has 0 rings (SSSR count). The topological polar surface area (TPSA) is 141 Å². The molecule has 0 atom stereocenters. The zero-order valence-electron chi connectivity index (χ0n) is 10.4. The van der Waals surface area contributed by atoms with Crippen molar-refractivity contribution in [2.45, 2.75) is 12.8 Å². The fraction of sp³-hybridized carbons (Fsp3) is 0.333. The van der Waals surface area contributed by atoms with E-state index in [2.05, 4.69) is 9.47 Å². The van der Waals surface area contributed by atoms with E-state index in [1.165, 1.54) is 12.1 Å². The van der Waals surface area contributed by atoms with Gasteiger partial charge in [-0.25, -0.2) is 9.59 Å². The first-order valence-electron chi connectivity index (χ1n) is 5.43. The van der Waals surface area contributed by atoms with Crippen LogP contribution in [0.4, 0.5) is 0 Å². The van der Waals surface area contributed by atoms with E-state index in [-0.39, 0.29) is 13.2 Å². The number of unbranched alkanes of at least 4 members (excludes halogenated alkanes) is 1. The van der Waals surface area contributed by atoms with Gasteiger partial charge in [-0.2, -0.15) is 10.5 Å². The molecule has 8 heteroatoms. The molecule has 0 aromatic rings. The summed E-state index contributed by atoms with van der Waals surface area (Å²) in [5, 5.41) is 33.8. The lowest BCUT2D eigenvalue weighted by Gasteiger charge is -2.04. The summed E-state index contributed by atoms with van der Waals surface area (Å²) in [6, 6.07) is 2.90. The van der Waals surface area contributed by atoms with Gasteiger partial charge in [-0.15, -0.1) is 0 Å². The molecule has 0 aliphatic rings. The standard InChI is InChI=1S/C12H12N2O6/c13-5-9(7-15)11(17)19-3-1-2-4-20-12(18)10(6-14)8-16/h7-8,15-16H,1-4H2/b9-7-,10-8-. The third-order valence-electron chi connectivity index (χ3n) is 1.94. The highest BCUT2D eigenvalue weighted by Gasteiger charge is 2.11. The largest absolute Gasteiger partial charge is 0.514 e. The third-order valence-corrected chi connectivity index (χ3v) is 1.94. The van der Waals surface area contributed by atoms with Crippen molar-refractivity contribution < 1.29 is 29.3 Å². The number of ether oxygens (including phenoxy) is 2. The van der Waals surface area contributed by atoms with Gasteiger partial charge < -0.3 is 19.7 Å². The highest BCUT2D eigenvalue weighted by Crippen LogP contribution is 2.00. The van der Waals surface area contributed by atoms with E-state index >= 15 is 0 Å². The summed E-state index contributed by atoms with van der Waals surface area (Å²) in [5.74, 6) is -1.89. The summed E-state index contributed by atoms with van der Waals surface area (Å²) >= 11 is 0. The van der Waals surface area contributed by atoms with Gasteiger partial charge in [0, 0.05) is 0 Å². The van der Waals surface area contributed by atoms with Crippen molar-refractivity contribution in [2.24, 2.45) is 0 Å². The molecule has 0 saturated carbocycles. The second kappa shape index (κ2) is 9.97. The Bertz CT molecular complexity index is 449. The molecule has 0 saturated heterocycles. The Hall–Kier alpha value is -3.00. The highest BCUT2D eigenvalue weighted by atomic mass is 16.5. The third kappa shape index (κ3) is 6.07. The minimum atomic E-state index is -0.943. The average Bonchev–Trinajstić information content (AvgIpc) is 2.45. The number of aliphatic hydroxyl groups is 2. The molecule has 106 valence electrons. The molecule has 0 aliphatic carbocycles. The summed E-state index contributed by atoms with van der Waals surface area (Å²) in [6.07, 6.45) is 1.42. The number of hydrogen-bond donors (Lipinski definition) is 2. The van der Waals surface area contributed by atoms with Crippen LogP contribution in [0.1, 0.15) is 12.8 Å². The van der Waals surface area contributed by atoms with E-state index in [1.54, 1.807) is 0 Å². The van der Waals surface area contributed by atoms with Crippen LogP contribution in [0, 0.1) is 22.7 Å². The fourth-order valence-electron chi connectivity index (χ4n) is 0.944. The molecular weight excluding hydrogens is 268 g/mol. The van der Waals surface area contributed by atoms with Crippen molar-refractivity contribution in [1.29, 1.82) is 10.5 Å². The first-order valence-corrected chi connectivity index (χ1v) is 5.43. The summed E-state index contributed by atoms with van der Waals surface area (Å²) in [6.45, 7) is -0.0350. The summed E-state index contributed by atoms with van der Waals surface area (Å²) in [5.41, 5.74) is -1.02. The number of nitrogens with zero attached hydrogens (tertiary/aromatic N) is 2. The molecule has 0 unspecified atom stereocenters. The SMILES string of the molecule is N#C/C(=C/O)C(=O)OCCCCOC(=O)/C(C#N)=C\O. The van der Waals surface area contributed by atoms with Crippen molar-refractivity contribution in [3.05, 3.63) is 23.7 Å². The van der Waals surface area contributed by atoms with Crippen LogP contribution in [0.25, 0.3) is 0 Å². The maximum Gasteiger partial charge on any atom is 0.352 e. The van der Waals surface area contributed by atoms with Crippen molar-refractivity contribution in [3.8, 4) is 12.1 Å². The lowest BCUT2D eigenvalue weighted by molar-refractivity contribution is -0.141. The maximum absolute atomic E-state index is 11.1. The Morgan fingerprint density at radius 1 is 0.900 bits per heavy atom. The molecule has 0 radical (unpaired) electrons. The van der Waals surface area contributed by atoms with Crippen LogP contribution in [-0.4, -0.2) is 35.4 Å². The number of esters is 2. The van der Waals surface area contributed by atoms with Gasteiger partial charge in [-0.05, 0) is 12.8 Å². The number of rotatable bonds is 7. The second-order valence-electron chi connectivity index (χ2n) is 3.29. The summed E-state index contributed by atoms with van der Waals surface area (Å²) in [4.78, 5) is 22.2. The van der Waals surface area contributed by atoms with Crippen molar-refractivity contribution in [2.75, 3.05) is 13.2 Å². The number of aliphatic hydroxyl groups excluding tert-OH is 2. The lowest BCUT2D eigenvalue weighted by Crippen LogP contribution is -2.10. The lowest BCUT2D eigenvalue weighted by atomic mass is 10.3. The van der Waals surface area contributed by atoms with Gasteiger partial charge in [0.05, 0.1) is 13.2 Å². The van der Waals surface area contributed by atoms with Crippen LogP contribution in [-0.2, 0) is 19.1 Å². The average molecular weight is 280 g/mol. The predicted octanol–water partition coefficient (Wildman–Crippen LogP) is 0.784. The van der Waals surface area contributed by atoms with Crippen LogP contribution in [0.15, 0.2) is 23.7 Å². The van der Waals surface area contributed by atoms with Gasteiger partial charge in [0.25, 0.3) is 0 Å². The Kier molecular flexibility index (Phi) is 8.48. The molecule has 0 aromatic carbocycles. The van der Waals surface area contributed by atoms with Gasteiger partial charge in [0.1, 0.15) is 24.7 Å². The monoisotopic (exact) mass is 280 g/mol. The van der Waals surface area contributed by atoms with E-state index in [4.69, 9.17) is 20.7 Å².